The number of amides is 1. The zero-order chi connectivity index (χ0) is 28.1. The van der Waals surface area contributed by atoms with Gasteiger partial charge in [-0.1, -0.05) is 42.1 Å². The van der Waals surface area contributed by atoms with Gasteiger partial charge in [-0.05, 0) is 53.3 Å². The molecule has 3 aromatic rings. The average molecular weight is 556 g/mol. The molecule has 11 heteroatoms. The number of benzene rings is 2. The minimum atomic E-state index is -0.689. The van der Waals surface area contributed by atoms with Crippen LogP contribution in [0.4, 0.5) is 5.69 Å². The molecule has 0 bridgehead atoms. The van der Waals surface area contributed by atoms with Crippen molar-refractivity contribution in [2.24, 2.45) is 4.99 Å². The van der Waals surface area contributed by atoms with Gasteiger partial charge < -0.3 is 15.0 Å². The summed E-state index contributed by atoms with van der Waals surface area (Å²) in [6, 6.07) is 18.3. The number of carbonyl (C=O) groups excluding carboxylic acids is 2. The monoisotopic (exact) mass is 555 g/mol. The SMILES string of the molecule is CC1=C(C(=O)OCc2ccccc2)C(c2ccc([N+](=O)[O-])cc2)N2C(CC(=O)NCc3ccncc3)=CSC2=N1. The van der Waals surface area contributed by atoms with Gasteiger partial charge in [-0.15, -0.1) is 0 Å². The molecule has 1 amide bonds. The number of nitrogens with one attached hydrogen (secondary N) is 1. The quantitative estimate of drug-likeness (QED) is 0.222. The Balaban J connectivity index is 1.42. The second kappa shape index (κ2) is 12.0. The number of fused-ring (bicyclic) bond motifs is 1. The normalized spacial score (nSPS) is 16.1. The van der Waals surface area contributed by atoms with E-state index in [9.17, 15) is 19.7 Å². The molecule has 0 radical (unpaired) electrons. The number of ether oxygens (including phenoxy) is 1. The first kappa shape index (κ1) is 26.8. The Morgan fingerprint density at radius 2 is 1.77 bits per heavy atom. The number of carbonyl (C=O) groups is 2. The molecule has 0 saturated carbocycles. The molecule has 202 valence electrons. The Labute approximate surface area is 234 Å². The highest BCUT2D eigenvalue weighted by atomic mass is 32.2. The van der Waals surface area contributed by atoms with Crippen LogP contribution < -0.4 is 5.32 Å². The molecular formula is C29H25N5O5S. The summed E-state index contributed by atoms with van der Waals surface area (Å²) in [5.74, 6) is -0.752. The van der Waals surface area contributed by atoms with Crippen molar-refractivity contribution in [3.05, 3.63) is 128 Å². The van der Waals surface area contributed by atoms with Crippen LogP contribution in [0, 0.1) is 10.1 Å². The largest absolute Gasteiger partial charge is 0.457 e. The summed E-state index contributed by atoms with van der Waals surface area (Å²) in [5.41, 5.74) is 3.77. The molecule has 3 heterocycles. The topological polar surface area (TPSA) is 127 Å². The predicted molar refractivity (Wildman–Crippen MR) is 150 cm³/mol. The zero-order valence-corrected chi connectivity index (χ0v) is 22.3. The second-order valence-electron chi connectivity index (χ2n) is 9.11. The molecular weight excluding hydrogens is 530 g/mol. The summed E-state index contributed by atoms with van der Waals surface area (Å²) in [6.45, 7) is 2.17. The van der Waals surface area contributed by atoms with E-state index in [2.05, 4.69) is 15.3 Å². The molecule has 0 aliphatic carbocycles. The Morgan fingerprint density at radius 1 is 1.05 bits per heavy atom. The molecule has 1 aromatic heterocycles. The van der Waals surface area contributed by atoms with Gasteiger partial charge in [0.25, 0.3) is 5.69 Å². The standard InChI is InChI=1S/C29H25N5O5S/c1-19-26(28(36)39-17-21-5-3-2-4-6-21)27(22-7-9-23(10-8-22)34(37)38)33-24(18-40-29(33)32-19)15-25(35)31-16-20-11-13-30-14-12-20/h2-14,18,27H,15-17H2,1H3,(H,31,35). The van der Waals surface area contributed by atoms with E-state index in [1.165, 1.54) is 23.9 Å². The number of nitro benzene ring substituents is 1. The number of nitrogens with zero attached hydrogens (tertiary/aromatic N) is 4. The van der Waals surface area contributed by atoms with Crippen molar-refractivity contribution in [3.63, 3.8) is 0 Å². The molecule has 2 aromatic carbocycles. The summed E-state index contributed by atoms with van der Waals surface area (Å²) >= 11 is 1.36. The number of thioether (sulfide) groups is 1. The first-order valence-electron chi connectivity index (χ1n) is 12.5. The van der Waals surface area contributed by atoms with Gasteiger partial charge in [0.2, 0.25) is 5.91 Å². The second-order valence-corrected chi connectivity index (χ2v) is 9.95. The molecule has 2 aliphatic rings. The summed E-state index contributed by atoms with van der Waals surface area (Å²) in [6.07, 6.45) is 3.37. The van der Waals surface area contributed by atoms with E-state index in [4.69, 9.17) is 4.74 Å². The highest BCUT2D eigenvalue weighted by molar-refractivity contribution is 8.16. The average Bonchev–Trinajstić information content (AvgIpc) is 3.36. The van der Waals surface area contributed by atoms with Crippen LogP contribution in [-0.4, -0.2) is 31.9 Å². The van der Waals surface area contributed by atoms with Crippen molar-refractivity contribution in [1.29, 1.82) is 0 Å². The van der Waals surface area contributed by atoms with Crippen LogP contribution in [-0.2, 0) is 27.5 Å². The fourth-order valence-corrected chi connectivity index (χ4v) is 5.42. The van der Waals surface area contributed by atoms with Gasteiger partial charge in [0.1, 0.15) is 6.61 Å². The molecule has 5 rings (SSSR count). The molecule has 1 N–H and O–H groups in total. The third-order valence-corrected chi connectivity index (χ3v) is 7.32. The highest BCUT2D eigenvalue weighted by Crippen LogP contribution is 2.45. The van der Waals surface area contributed by atoms with Crippen LogP contribution in [0.5, 0.6) is 0 Å². The minimum absolute atomic E-state index is 0.0476. The molecule has 0 fully saturated rings. The minimum Gasteiger partial charge on any atom is -0.457 e. The summed E-state index contributed by atoms with van der Waals surface area (Å²) in [5, 5.41) is 16.7. The molecule has 1 atom stereocenters. The maximum atomic E-state index is 13.5. The summed E-state index contributed by atoms with van der Waals surface area (Å²) < 4.78 is 5.69. The Morgan fingerprint density at radius 3 is 2.48 bits per heavy atom. The summed E-state index contributed by atoms with van der Waals surface area (Å²) in [7, 11) is 0. The van der Waals surface area contributed by atoms with Crippen LogP contribution in [0.25, 0.3) is 0 Å². The van der Waals surface area contributed by atoms with Crippen molar-refractivity contribution >= 4 is 34.5 Å². The number of allylic oxidation sites excluding steroid dienone is 1. The number of aromatic nitrogens is 1. The van der Waals surface area contributed by atoms with Gasteiger partial charge in [0.15, 0.2) is 5.17 Å². The van der Waals surface area contributed by atoms with Crippen LogP contribution in [0.15, 0.2) is 106 Å². The number of hydrogen-bond donors (Lipinski definition) is 1. The number of rotatable bonds is 9. The van der Waals surface area contributed by atoms with Gasteiger partial charge in [0, 0.05) is 36.8 Å². The number of nitro groups is 1. The lowest BCUT2D eigenvalue weighted by Gasteiger charge is -2.36. The number of esters is 1. The molecule has 40 heavy (non-hydrogen) atoms. The predicted octanol–water partition coefficient (Wildman–Crippen LogP) is 5.01. The lowest BCUT2D eigenvalue weighted by molar-refractivity contribution is -0.384. The van der Waals surface area contributed by atoms with E-state index in [-0.39, 0.29) is 24.6 Å². The van der Waals surface area contributed by atoms with Gasteiger partial charge >= 0.3 is 5.97 Å². The number of amidine groups is 1. The zero-order valence-electron chi connectivity index (χ0n) is 21.5. The Kier molecular flexibility index (Phi) is 8.02. The molecule has 0 spiro atoms. The summed E-state index contributed by atoms with van der Waals surface area (Å²) in [4.78, 5) is 47.7. The first-order valence-corrected chi connectivity index (χ1v) is 13.3. The van der Waals surface area contributed by atoms with Crippen molar-refractivity contribution in [1.82, 2.24) is 15.2 Å². The van der Waals surface area contributed by atoms with E-state index in [1.807, 2.05) is 52.8 Å². The number of non-ortho nitro benzene ring substituents is 1. The fourth-order valence-electron chi connectivity index (χ4n) is 4.45. The fraction of sp³-hybridized carbons (Fsp3) is 0.172. The van der Waals surface area contributed by atoms with Crippen LogP contribution in [0.1, 0.15) is 36.1 Å². The van der Waals surface area contributed by atoms with E-state index < -0.39 is 16.9 Å². The lowest BCUT2D eigenvalue weighted by Crippen LogP contribution is -2.38. The van der Waals surface area contributed by atoms with Crippen LogP contribution in [0.2, 0.25) is 0 Å². The molecule has 1 unspecified atom stereocenters. The Bertz CT molecular complexity index is 1520. The molecule has 10 nitrogen and oxygen atoms in total. The van der Waals surface area contributed by atoms with Crippen LogP contribution in [0.3, 0.4) is 0 Å². The molecule has 2 aliphatic heterocycles. The van der Waals surface area contributed by atoms with Gasteiger partial charge in [-0.3, -0.25) is 19.9 Å². The highest BCUT2D eigenvalue weighted by Gasteiger charge is 2.41. The maximum Gasteiger partial charge on any atom is 0.338 e. The maximum absolute atomic E-state index is 13.5. The van der Waals surface area contributed by atoms with Gasteiger partial charge in [-0.25, -0.2) is 9.79 Å². The van der Waals surface area contributed by atoms with E-state index in [1.54, 1.807) is 31.5 Å². The number of aliphatic imine (C=N–C) groups is 1. The van der Waals surface area contributed by atoms with E-state index >= 15 is 0 Å². The van der Waals surface area contributed by atoms with Gasteiger partial charge in [-0.2, -0.15) is 0 Å². The van der Waals surface area contributed by atoms with Crippen molar-refractivity contribution in [2.45, 2.75) is 32.5 Å². The lowest BCUT2D eigenvalue weighted by atomic mass is 9.93. The van der Waals surface area contributed by atoms with Crippen molar-refractivity contribution < 1.29 is 19.2 Å². The third kappa shape index (κ3) is 5.94. The van der Waals surface area contributed by atoms with E-state index in [0.717, 1.165) is 11.1 Å². The number of pyridine rings is 1. The Hall–Kier alpha value is -4.77. The molecule has 0 saturated heterocycles. The first-order chi connectivity index (χ1) is 19.4. The van der Waals surface area contributed by atoms with Crippen LogP contribution >= 0.6 is 11.8 Å². The number of hydrogen-bond acceptors (Lipinski definition) is 9. The van der Waals surface area contributed by atoms with Gasteiger partial charge in [0.05, 0.1) is 28.7 Å². The van der Waals surface area contributed by atoms with E-state index in [0.29, 0.717) is 34.2 Å². The smallest absolute Gasteiger partial charge is 0.338 e. The van der Waals surface area contributed by atoms with Crippen molar-refractivity contribution in [3.8, 4) is 0 Å². The van der Waals surface area contributed by atoms with Crippen molar-refractivity contribution in [2.75, 3.05) is 0 Å². The third-order valence-electron chi connectivity index (χ3n) is 6.43.